The number of benzene rings is 1. The first-order valence-electron chi connectivity index (χ1n) is 4.17. The van der Waals surface area contributed by atoms with Crippen LogP contribution in [0.25, 0.3) is 11.1 Å². The van der Waals surface area contributed by atoms with Gasteiger partial charge in [0, 0.05) is 11.1 Å². The van der Waals surface area contributed by atoms with Gasteiger partial charge in [0.2, 0.25) is 0 Å². The summed E-state index contributed by atoms with van der Waals surface area (Å²) in [5.74, 6) is -0.996. The summed E-state index contributed by atoms with van der Waals surface area (Å²) < 4.78 is 26.6. The summed E-state index contributed by atoms with van der Waals surface area (Å²) in [6.07, 6.45) is 1.40. The summed E-state index contributed by atoms with van der Waals surface area (Å²) in [6.45, 7) is 0. The number of rotatable bonds is 1. The first-order chi connectivity index (χ1) is 7.16. The summed E-state index contributed by atoms with van der Waals surface area (Å²) in [6, 6.07) is 4.78. The zero-order valence-electron chi connectivity index (χ0n) is 7.50. The van der Waals surface area contributed by atoms with Crippen LogP contribution in [0.4, 0.5) is 8.78 Å². The Morgan fingerprint density at radius 2 is 2.00 bits per heavy atom. The van der Waals surface area contributed by atoms with Gasteiger partial charge >= 0.3 is 0 Å². The van der Waals surface area contributed by atoms with Crippen LogP contribution in [0.3, 0.4) is 0 Å². The van der Waals surface area contributed by atoms with Crippen LogP contribution in [0.1, 0.15) is 0 Å². The lowest BCUT2D eigenvalue weighted by Crippen LogP contribution is -1.89. The van der Waals surface area contributed by atoms with Crippen LogP contribution in [0.2, 0.25) is 0 Å². The minimum absolute atomic E-state index is 0.155. The van der Waals surface area contributed by atoms with Crippen molar-refractivity contribution >= 4 is 12.2 Å². The predicted molar refractivity (Wildman–Crippen MR) is 54.8 cm³/mol. The van der Waals surface area contributed by atoms with E-state index in [-0.39, 0.29) is 5.56 Å². The predicted octanol–water partition coefficient (Wildman–Crippen LogP) is 3.08. The van der Waals surface area contributed by atoms with Crippen LogP contribution in [-0.2, 0) is 0 Å². The van der Waals surface area contributed by atoms with Crippen LogP contribution in [-0.4, -0.2) is 10.2 Å². The van der Waals surface area contributed by atoms with Gasteiger partial charge in [0.1, 0.15) is 16.3 Å². The Labute approximate surface area is 89.6 Å². The van der Waals surface area contributed by atoms with Crippen molar-refractivity contribution in [1.82, 2.24) is 10.2 Å². The third kappa shape index (κ3) is 2.07. The lowest BCUT2D eigenvalue weighted by molar-refractivity contribution is 0.603. The van der Waals surface area contributed by atoms with Gasteiger partial charge in [-0.05, 0) is 24.3 Å². The molecule has 0 spiro atoms. The molecule has 0 saturated heterocycles. The van der Waals surface area contributed by atoms with Crippen molar-refractivity contribution in [3.63, 3.8) is 0 Å². The lowest BCUT2D eigenvalue weighted by Gasteiger charge is -2.02. The molecular weight excluding hydrogens is 218 g/mol. The smallest absolute Gasteiger partial charge is 0.131 e. The summed E-state index contributed by atoms with van der Waals surface area (Å²) in [7, 11) is 0. The fraction of sp³-hybridized carbons (Fsp3) is 0. The monoisotopic (exact) mass is 224 g/mol. The van der Waals surface area contributed by atoms with Crippen LogP contribution >= 0.6 is 12.2 Å². The van der Waals surface area contributed by atoms with Gasteiger partial charge in [-0.25, -0.2) is 8.78 Å². The van der Waals surface area contributed by atoms with Crippen molar-refractivity contribution in [3.8, 4) is 11.1 Å². The van der Waals surface area contributed by atoms with Gasteiger partial charge in [-0.2, -0.15) is 5.10 Å². The molecule has 0 aliphatic heterocycles. The zero-order chi connectivity index (χ0) is 10.8. The standard InChI is InChI=1S/C10H6F2N2S/c11-7-1-2-9(12)8(4-7)6-3-10(15)14-13-5-6/h1-5H,(H,14,15). The van der Waals surface area contributed by atoms with Gasteiger partial charge in [0.05, 0.1) is 6.20 Å². The van der Waals surface area contributed by atoms with Gasteiger partial charge in [0.25, 0.3) is 0 Å². The second-order valence-electron chi connectivity index (χ2n) is 2.96. The molecule has 0 fully saturated rings. The molecule has 2 rings (SSSR count). The Balaban J connectivity index is 2.63. The van der Waals surface area contributed by atoms with E-state index in [1.54, 1.807) is 0 Å². The van der Waals surface area contributed by atoms with Crippen LogP contribution in [0.15, 0.2) is 30.5 Å². The molecular formula is C10H6F2N2S. The van der Waals surface area contributed by atoms with Crippen LogP contribution in [0, 0.1) is 16.3 Å². The fourth-order valence-electron chi connectivity index (χ4n) is 1.24. The zero-order valence-corrected chi connectivity index (χ0v) is 8.31. The molecule has 0 amide bonds. The number of nitrogens with zero attached hydrogens (tertiary/aromatic N) is 1. The van der Waals surface area contributed by atoms with E-state index < -0.39 is 11.6 Å². The van der Waals surface area contributed by atoms with Gasteiger partial charge < -0.3 is 0 Å². The lowest BCUT2D eigenvalue weighted by atomic mass is 10.1. The first kappa shape index (κ1) is 9.92. The number of hydrogen-bond acceptors (Lipinski definition) is 2. The minimum Gasteiger partial charge on any atom is -0.268 e. The normalized spacial score (nSPS) is 10.3. The van der Waals surface area contributed by atoms with E-state index in [1.807, 2.05) is 0 Å². The highest BCUT2D eigenvalue weighted by Crippen LogP contribution is 2.22. The molecule has 1 aromatic carbocycles. The molecule has 2 aromatic rings. The maximum absolute atomic E-state index is 13.3. The molecule has 0 aliphatic carbocycles. The highest BCUT2D eigenvalue weighted by molar-refractivity contribution is 7.71. The first-order valence-corrected chi connectivity index (χ1v) is 4.58. The number of H-pyrrole nitrogens is 1. The van der Waals surface area contributed by atoms with Gasteiger partial charge in [-0.15, -0.1) is 0 Å². The summed E-state index contributed by atoms with van der Waals surface area (Å²) >= 11 is 4.84. The number of hydrogen-bond donors (Lipinski definition) is 1. The minimum atomic E-state index is -0.501. The quantitative estimate of drug-likeness (QED) is 0.754. The second-order valence-corrected chi connectivity index (χ2v) is 3.40. The Morgan fingerprint density at radius 3 is 2.73 bits per heavy atom. The molecule has 0 saturated carbocycles. The van der Waals surface area contributed by atoms with Crippen molar-refractivity contribution in [3.05, 3.63) is 46.7 Å². The van der Waals surface area contributed by atoms with E-state index in [0.717, 1.165) is 18.2 Å². The molecule has 15 heavy (non-hydrogen) atoms. The highest BCUT2D eigenvalue weighted by Gasteiger charge is 2.06. The fourth-order valence-corrected chi connectivity index (χ4v) is 1.42. The maximum Gasteiger partial charge on any atom is 0.131 e. The number of nitrogens with one attached hydrogen (secondary N) is 1. The topological polar surface area (TPSA) is 28.7 Å². The van der Waals surface area contributed by atoms with Crippen LogP contribution < -0.4 is 0 Å². The number of aromatic amines is 1. The summed E-state index contributed by atoms with van der Waals surface area (Å²) in [5.41, 5.74) is 0.610. The molecule has 2 nitrogen and oxygen atoms in total. The molecule has 1 N–H and O–H groups in total. The van der Waals surface area contributed by atoms with Crippen molar-refractivity contribution in [1.29, 1.82) is 0 Å². The van der Waals surface area contributed by atoms with E-state index in [4.69, 9.17) is 12.2 Å². The van der Waals surface area contributed by atoms with Gasteiger partial charge in [-0.3, -0.25) is 5.10 Å². The van der Waals surface area contributed by atoms with Crippen molar-refractivity contribution in [2.75, 3.05) is 0 Å². The number of aromatic nitrogens is 2. The average molecular weight is 224 g/mol. The molecule has 0 unspecified atom stereocenters. The van der Waals surface area contributed by atoms with Crippen molar-refractivity contribution in [2.45, 2.75) is 0 Å². The Morgan fingerprint density at radius 1 is 1.20 bits per heavy atom. The van der Waals surface area contributed by atoms with E-state index in [9.17, 15) is 8.78 Å². The van der Waals surface area contributed by atoms with Crippen LogP contribution in [0.5, 0.6) is 0 Å². The highest BCUT2D eigenvalue weighted by atomic mass is 32.1. The second kappa shape index (κ2) is 3.86. The molecule has 0 bridgehead atoms. The molecule has 0 radical (unpaired) electrons. The van der Waals surface area contributed by atoms with Gasteiger partial charge in [0.15, 0.2) is 0 Å². The molecule has 1 heterocycles. The number of halogens is 2. The third-order valence-electron chi connectivity index (χ3n) is 1.90. The Hall–Kier alpha value is -1.62. The van der Waals surface area contributed by atoms with E-state index in [2.05, 4.69) is 10.2 Å². The Bertz CT molecular complexity index is 551. The average Bonchev–Trinajstić information content (AvgIpc) is 2.22. The molecule has 5 heteroatoms. The van der Waals surface area contributed by atoms with Crippen molar-refractivity contribution < 1.29 is 8.78 Å². The van der Waals surface area contributed by atoms with Gasteiger partial charge in [-0.1, -0.05) is 12.2 Å². The summed E-state index contributed by atoms with van der Waals surface area (Å²) in [4.78, 5) is 0. The summed E-state index contributed by atoms with van der Waals surface area (Å²) in [5, 5.41) is 6.24. The molecule has 0 atom stereocenters. The SMILES string of the molecule is Fc1ccc(F)c(-c2cn[nH]c(=S)c2)c1. The van der Waals surface area contributed by atoms with E-state index >= 15 is 0 Å². The molecule has 76 valence electrons. The van der Waals surface area contributed by atoms with E-state index in [1.165, 1.54) is 12.3 Å². The third-order valence-corrected chi connectivity index (χ3v) is 2.11. The van der Waals surface area contributed by atoms with E-state index in [0.29, 0.717) is 10.2 Å². The Kier molecular flexibility index (Phi) is 2.55. The van der Waals surface area contributed by atoms with Crippen molar-refractivity contribution in [2.24, 2.45) is 0 Å². The largest absolute Gasteiger partial charge is 0.268 e. The molecule has 0 aliphatic rings. The maximum atomic E-state index is 13.3. The molecule has 1 aromatic heterocycles.